The summed E-state index contributed by atoms with van der Waals surface area (Å²) in [4.78, 5) is 12.4. The molecule has 1 amide bonds. The number of hydrogen-bond donors (Lipinski definition) is 1. The number of amides is 1. The van der Waals surface area contributed by atoms with E-state index in [4.69, 9.17) is 21.6 Å². The van der Waals surface area contributed by atoms with Crippen LogP contribution in [-0.2, 0) is 0 Å². The topological polar surface area (TPSA) is 75.0 Å². The van der Waals surface area contributed by atoms with Crippen molar-refractivity contribution >= 4 is 34.7 Å². The highest BCUT2D eigenvalue weighted by Gasteiger charge is 2.20. The van der Waals surface area contributed by atoms with E-state index in [1.54, 1.807) is 24.3 Å². The number of nitrogens with one attached hydrogen (secondary N) is 1. The summed E-state index contributed by atoms with van der Waals surface area (Å²) < 4.78 is 8.87. The summed E-state index contributed by atoms with van der Waals surface area (Å²) in [6, 6.07) is 8.71. The maximum atomic E-state index is 12.1. The molecule has 0 unspecified atom stereocenters. The Labute approximate surface area is 118 Å². The largest absolute Gasteiger partial charge is 0.492 e. The standard InChI is InChI=1S/C12H8ClN3O2S/c1-18-9-10(19-16-11(9)13)12(17)15-8-5-3-2-4-7(8)6-14/h2-5H,1H3,(H,15,17). The van der Waals surface area contributed by atoms with Gasteiger partial charge in [-0.3, -0.25) is 4.79 Å². The molecule has 0 aliphatic heterocycles. The molecule has 2 rings (SSSR count). The van der Waals surface area contributed by atoms with Crippen molar-refractivity contribution in [3.05, 3.63) is 39.9 Å². The zero-order valence-electron chi connectivity index (χ0n) is 9.81. The second-order valence-electron chi connectivity index (χ2n) is 3.45. The Hall–Kier alpha value is -2.10. The smallest absolute Gasteiger partial charge is 0.271 e. The summed E-state index contributed by atoms with van der Waals surface area (Å²) in [5.41, 5.74) is 0.812. The number of nitrogens with zero attached hydrogens (tertiary/aromatic N) is 2. The molecule has 0 atom stereocenters. The Morgan fingerprint density at radius 1 is 1.53 bits per heavy atom. The normalized spacial score (nSPS) is 9.74. The van der Waals surface area contributed by atoms with Crippen LogP contribution >= 0.6 is 23.1 Å². The highest BCUT2D eigenvalue weighted by molar-refractivity contribution is 7.09. The number of para-hydroxylation sites is 1. The van der Waals surface area contributed by atoms with Gasteiger partial charge in [-0.05, 0) is 23.7 Å². The summed E-state index contributed by atoms with van der Waals surface area (Å²) >= 11 is 6.73. The molecule has 19 heavy (non-hydrogen) atoms. The minimum Gasteiger partial charge on any atom is -0.492 e. The van der Waals surface area contributed by atoms with E-state index in [0.29, 0.717) is 11.3 Å². The van der Waals surface area contributed by atoms with Gasteiger partial charge in [0.1, 0.15) is 6.07 Å². The first-order chi connectivity index (χ1) is 9.17. The molecule has 1 aromatic heterocycles. The molecule has 0 aliphatic rings. The van der Waals surface area contributed by atoms with Crippen LogP contribution in [0.5, 0.6) is 5.75 Å². The third kappa shape index (κ3) is 2.67. The Kier molecular flexibility index (Phi) is 4.00. The average molecular weight is 294 g/mol. The Morgan fingerprint density at radius 2 is 2.26 bits per heavy atom. The first-order valence-electron chi connectivity index (χ1n) is 5.17. The summed E-state index contributed by atoms with van der Waals surface area (Å²) in [6.45, 7) is 0. The van der Waals surface area contributed by atoms with Crippen LogP contribution in [0.15, 0.2) is 24.3 Å². The molecule has 0 fully saturated rings. The van der Waals surface area contributed by atoms with Crippen LogP contribution in [-0.4, -0.2) is 17.4 Å². The van der Waals surface area contributed by atoms with Gasteiger partial charge >= 0.3 is 0 Å². The first kappa shape index (κ1) is 13.3. The van der Waals surface area contributed by atoms with Crippen LogP contribution in [0.1, 0.15) is 15.2 Å². The van der Waals surface area contributed by atoms with Gasteiger partial charge in [-0.25, -0.2) is 0 Å². The lowest BCUT2D eigenvalue weighted by Gasteiger charge is -2.06. The van der Waals surface area contributed by atoms with Crippen LogP contribution in [0, 0.1) is 11.3 Å². The number of hydrogen-bond acceptors (Lipinski definition) is 5. The molecule has 0 saturated heterocycles. The van der Waals surface area contributed by atoms with Crippen LogP contribution in [0.2, 0.25) is 5.15 Å². The molecule has 0 spiro atoms. The van der Waals surface area contributed by atoms with Crippen LogP contribution in [0.3, 0.4) is 0 Å². The molecular formula is C12H8ClN3O2S. The number of nitriles is 1. The van der Waals surface area contributed by atoms with Crippen molar-refractivity contribution in [2.45, 2.75) is 0 Å². The quantitative estimate of drug-likeness (QED) is 0.944. The fraction of sp³-hybridized carbons (Fsp3) is 0.0833. The number of methoxy groups -OCH3 is 1. The second-order valence-corrected chi connectivity index (χ2v) is 4.58. The van der Waals surface area contributed by atoms with E-state index in [-0.39, 0.29) is 15.8 Å². The third-order valence-corrected chi connectivity index (χ3v) is 3.50. The van der Waals surface area contributed by atoms with Crippen molar-refractivity contribution in [3.8, 4) is 11.8 Å². The van der Waals surface area contributed by atoms with Crippen molar-refractivity contribution in [3.63, 3.8) is 0 Å². The molecular weight excluding hydrogens is 286 g/mol. The summed E-state index contributed by atoms with van der Waals surface area (Å²) in [7, 11) is 1.41. The van der Waals surface area contributed by atoms with E-state index in [1.807, 2.05) is 6.07 Å². The van der Waals surface area contributed by atoms with E-state index in [2.05, 4.69) is 9.69 Å². The van der Waals surface area contributed by atoms with Gasteiger partial charge in [-0.2, -0.15) is 9.64 Å². The van der Waals surface area contributed by atoms with E-state index < -0.39 is 5.91 Å². The maximum absolute atomic E-state index is 12.1. The average Bonchev–Trinajstić information content (AvgIpc) is 2.80. The first-order valence-corrected chi connectivity index (χ1v) is 6.32. The zero-order chi connectivity index (χ0) is 13.8. The maximum Gasteiger partial charge on any atom is 0.271 e. The minimum atomic E-state index is -0.413. The molecule has 0 saturated carbocycles. The number of carbonyl (C=O) groups is 1. The zero-order valence-corrected chi connectivity index (χ0v) is 11.4. The number of ether oxygens (including phenoxy) is 1. The van der Waals surface area contributed by atoms with Gasteiger partial charge in [0, 0.05) is 0 Å². The molecule has 0 radical (unpaired) electrons. The summed E-state index contributed by atoms with van der Waals surface area (Å²) in [5, 5.41) is 11.7. The van der Waals surface area contributed by atoms with Gasteiger partial charge in [0.2, 0.25) is 0 Å². The molecule has 7 heteroatoms. The number of halogens is 1. The third-order valence-electron chi connectivity index (χ3n) is 2.32. The van der Waals surface area contributed by atoms with Gasteiger partial charge in [-0.1, -0.05) is 23.7 Å². The van der Waals surface area contributed by atoms with Crippen molar-refractivity contribution < 1.29 is 9.53 Å². The van der Waals surface area contributed by atoms with E-state index >= 15 is 0 Å². The van der Waals surface area contributed by atoms with Crippen molar-refractivity contribution in [1.29, 1.82) is 5.26 Å². The summed E-state index contributed by atoms with van der Waals surface area (Å²) in [6.07, 6.45) is 0. The van der Waals surface area contributed by atoms with Gasteiger partial charge in [-0.15, -0.1) is 0 Å². The highest BCUT2D eigenvalue weighted by atomic mass is 35.5. The molecule has 1 heterocycles. The monoisotopic (exact) mass is 293 g/mol. The Morgan fingerprint density at radius 3 is 2.95 bits per heavy atom. The SMILES string of the molecule is COc1c(Cl)nsc1C(=O)Nc1ccccc1C#N. The molecule has 0 bridgehead atoms. The molecule has 2 aromatic rings. The van der Waals surface area contributed by atoms with Gasteiger partial charge in [0.25, 0.3) is 5.91 Å². The number of carbonyl (C=O) groups excluding carboxylic acids is 1. The van der Waals surface area contributed by atoms with E-state index in [1.165, 1.54) is 7.11 Å². The highest BCUT2D eigenvalue weighted by Crippen LogP contribution is 2.31. The predicted octanol–water partition coefficient (Wildman–Crippen LogP) is 2.93. The molecule has 96 valence electrons. The van der Waals surface area contributed by atoms with Gasteiger partial charge in [0.15, 0.2) is 15.8 Å². The van der Waals surface area contributed by atoms with Crippen LogP contribution in [0.25, 0.3) is 0 Å². The number of aromatic nitrogens is 1. The van der Waals surface area contributed by atoms with Crippen LogP contribution in [0.4, 0.5) is 5.69 Å². The Balaban J connectivity index is 2.29. The number of anilines is 1. The van der Waals surface area contributed by atoms with Gasteiger partial charge in [0.05, 0.1) is 18.4 Å². The molecule has 1 N–H and O–H groups in total. The van der Waals surface area contributed by atoms with Gasteiger partial charge < -0.3 is 10.1 Å². The van der Waals surface area contributed by atoms with E-state index in [9.17, 15) is 4.79 Å². The molecule has 0 aliphatic carbocycles. The predicted molar refractivity (Wildman–Crippen MR) is 72.8 cm³/mol. The lowest BCUT2D eigenvalue weighted by atomic mass is 10.2. The minimum absolute atomic E-state index is 0.145. The van der Waals surface area contributed by atoms with Crippen molar-refractivity contribution in [2.75, 3.05) is 12.4 Å². The Bertz CT molecular complexity index is 663. The lowest BCUT2D eigenvalue weighted by molar-refractivity contribution is 0.102. The van der Waals surface area contributed by atoms with Crippen molar-refractivity contribution in [2.24, 2.45) is 0 Å². The number of benzene rings is 1. The fourth-order valence-corrected chi connectivity index (χ4v) is 2.43. The lowest BCUT2D eigenvalue weighted by Crippen LogP contribution is -2.12. The van der Waals surface area contributed by atoms with E-state index in [0.717, 1.165) is 11.5 Å². The summed E-state index contributed by atoms with van der Waals surface area (Å²) in [5.74, 6) is -0.178. The fourth-order valence-electron chi connectivity index (χ4n) is 1.45. The molecule has 1 aromatic carbocycles. The number of rotatable bonds is 3. The van der Waals surface area contributed by atoms with Crippen molar-refractivity contribution in [1.82, 2.24) is 4.37 Å². The van der Waals surface area contributed by atoms with Crippen LogP contribution < -0.4 is 10.1 Å². The second kappa shape index (κ2) is 5.69. The molecule has 5 nitrogen and oxygen atoms in total.